The van der Waals surface area contributed by atoms with Crippen LogP contribution >= 0.6 is 11.6 Å². The van der Waals surface area contributed by atoms with Gasteiger partial charge in [0.1, 0.15) is 0 Å². The van der Waals surface area contributed by atoms with Crippen LogP contribution in [-0.2, 0) is 26.9 Å². The fourth-order valence-electron chi connectivity index (χ4n) is 2.36. The van der Waals surface area contributed by atoms with Gasteiger partial charge in [0.15, 0.2) is 6.61 Å². The van der Waals surface area contributed by atoms with E-state index in [1.807, 2.05) is 0 Å². The molecule has 2 aromatic rings. The largest absolute Gasteiger partial charge is 0.455 e. The first kappa shape index (κ1) is 20.8. The number of ether oxygens (including phenoxy) is 1. The molecule has 4 nitrogen and oxygen atoms in total. The first-order valence-corrected chi connectivity index (χ1v) is 8.39. The minimum atomic E-state index is -4.49. The van der Waals surface area contributed by atoms with Gasteiger partial charge in [0.25, 0.3) is 5.91 Å². The van der Waals surface area contributed by atoms with E-state index in [9.17, 15) is 22.8 Å². The minimum Gasteiger partial charge on any atom is -0.455 e. The molecule has 0 aromatic heterocycles. The molecule has 0 heterocycles. The summed E-state index contributed by atoms with van der Waals surface area (Å²) in [5.41, 5.74) is 0.0922. The lowest BCUT2D eigenvalue weighted by atomic mass is 10.1. The zero-order chi connectivity index (χ0) is 20.0. The second-order valence-corrected chi connectivity index (χ2v) is 6.32. The first-order chi connectivity index (χ1) is 12.6. The third-order valence-electron chi connectivity index (χ3n) is 3.69. The predicted octanol–water partition coefficient (Wildman–Crippen LogP) is 4.32. The van der Waals surface area contributed by atoms with Crippen molar-refractivity contribution in [2.24, 2.45) is 0 Å². The number of esters is 1. The van der Waals surface area contributed by atoms with Crippen LogP contribution in [0.4, 0.5) is 13.2 Å². The number of halogens is 4. The summed E-state index contributed by atoms with van der Waals surface area (Å²) < 4.78 is 42.8. The lowest BCUT2D eigenvalue weighted by Gasteiger charge is -2.14. The van der Waals surface area contributed by atoms with E-state index < -0.39 is 30.2 Å². The number of carbonyl (C=O) groups excluding carboxylic acids is 2. The topological polar surface area (TPSA) is 55.4 Å². The second-order valence-electron chi connectivity index (χ2n) is 5.88. The lowest BCUT2D eigenvalue weighted by Crippen LogP contribution is -2.31. The minimum absolute atomic E-state index is 0.155. The smallest absolute Gasteiger partial charge is 0.416 e. The highest BCUT2D eigenvalue weighted by Gasteiger charge is 2.30. The SMILES string of the molecule is C[C@H](NC(=O)COC(=O)Cc1cccc(C(F)(F)F)c1)c1cccc(Cl)c1. The molecule has 2 aromatic carbocycles. The molecule has 0 spiro atoms. The number of rotatable bonds is 6. The van der Waals surface area contributed by atoms with E-state index in [1.165, 1.54) is 12.1 Å². The van der Waals surface area contributed by atoms with Crippen molar-refractivity contribution in [1.29, 1.82) is 0 Å². The molecular weight excluding hydrogens is 383 g/mol. The molecule has 0 radical (unpaired) electrons. The van der Waals surface area contributed by atoms with E-state index >= 15 is 0 Å². The van der Waals surface area contributed by atoms with Crippen molar-refractivity contribution in [2.45, 2.75) is 25.6 Å². The summed E-state index contributed by atoms with van der Waals surface area (Å²) in [6, 6.07) is 11.0. The van der Waals surface area contributed by atoms with Crippen LogP contribution in [0.15, 0.2) is 48.5 Å². The van der Waals surface area contributed by atoms with Gasteiger partial charge in [-0.25, -0.2) is 0 Å². The Morgan fingerprint density at radius 1 is 1.15 bits per heavy atom. The first-order valence-electron chi connectivity index (χ1n) is 8.02. The van der Waals surface area contributed by atoms with Gasteiger partial charge in [-0.05, 0) is 36.2 Å². The number of hydrogen-bond donors (Lipinski definition) is 1. The third-order valence-corrected chi connectivity index (χ3v) is 3.93. The van der Waals surface area contributed by atoms with Crippen LogP contribution in [0.2, 0.25) is 5.02 Å². The molecule has 27 heavy (non-hydrogen) atoms. The van der Waals surface area contributed by atoms with Gasteiger partial charge in [0, 0.05) is 5.02 Å². The van der Waals surface area contributed by atoms with Gasteiger partial charge in [-0.1, -0.05) is 41.9 Å². The van der Waals surface area contributed by atoms with Crippen molar-refractivity contribution < 1.29 is 27.5 Å². The molecule has 1 amide bonds. The molecule has 0 aliphatic rings. The highest BCUT2D eigenvalue weighted by atomic mass is 35.5. The van der Waals surface area contributed by atoms with Gasteiger partial charge in [0.2, 0.25) is 0 Å². The van der Waals surface area contributed by atoms with Gasteiger partial charge in [0.05, 0.1) is 18.0 Å². The van der Waals surface area contributed by atoms with Crippen molar-refractivity contribution in [1.82, 2.24) is 5.32 Å². The van der Waals surface area contributed by atoms with Crippen molar-refractivity contribution in [3.63, 3.8) is 0 Å². The predicted molar refractivity (Wildman–Crippen MR) is 94.1 cm³/mol. The van der Waals surface area contributed by atoms with Crippen molar-refractivity contribution in [3.8, 4) is 0 Å². The molecular formula is C19H17ClF3NO3. The highest BCUT2D eigenvalue weighted by Crippen LogP contribution is 2.29. The van der Waals surface area contributed by atoms with Crippen LogP contribution < -0.4 is 5.32 Å². The Labute approximate surface area is 159 Å². The van der Waals surface area contributed by atoms with Gasteiger partial charge in [-0.3, -0.25) is 9.59 Å². The molecule has 0 fully saturated rings. The van der Waals surface area contributed by atoms with Crippen LogP contribution in [0.3, 0.4) is 0 Å². The average molecular weight is 400 g/mol. The number of alkyl halides is 3. The molecule has 1 N–H and O–H groups in total. The Kier molecular flexibility index (Phi) is 6.85. The summed E-state index contributed by atoms with van der Waals surface area (Å²) in [7, 11) is 0. The molecule has 0 aliphatic heterocycles. The molecule has 0 saturated carbocycles. The zero-order valence-electron chi connectivity index (χ0n) is 14.3. The third kappa shape index (κ3) is 6.60. The van der Waals surface area contributed by atoms with E-state index in [2.05, 4.69) is 5.32 Å². The maximum Gasteiger partial charge on any atom is 0.416 e. The van der Waals surface area contributed by atoms with E-state index in [0.29, 0.717) is 5.02 Å². The van der Waals surface area contributed by atoms with Crippen LogP contribution in [0.1, 0.15) is 29.7 Å². The van der Waals surface area contributed by atoms with Crippen LogP contribution in [0, 0.1) is 0 Å². The van der Waals surface area contributed by atoms with Crippen molar-refractivity contribution in [3.05, 3.63) is 70.2 Å². The van der Waals surface area contributed by atoms with E-state index in [1.54, 1.807) is 31.2 Å². The maximum absolute atomic E-state index is 12.7. The van der Waals surface area contributed by atoms with Crippen molar-refractivity contribution >= 4 is 23.5 Å². The highest BCUT2D eigenvalue weighted by molar-refractivity contribution is 6.30. The summed E-state index contributed by atoms with van der Waals surface area (Å²) >= 11 is 5.89. The van der Waals surface area contributed by atoms with Crippen LogP contribution in [0.25, 0.3) is 0 Å². The van der Waals surface area contributed by atoms with Crippen LogP contribution in [-0.4, -0.2) is 18.5 Å². The number of hydrogen-bond acceptors (Lipinski definition) is 3. The number of nitrogens with one attached hydrogen (secondary N) is 1. The Bertz CT molecular complexity index is 824. The number of amides is 1. The fraction of sp³-hybridized carbons (Fsp3) is 0.263. The Morgan fingerprint density at radius 3 is 2.52 bits per heavy atom. The molecule has 0 saturated heterocycles. The molecule has 2 rings (SSSR count). The maximum atomic E-state index is 12.7. The average Bonchev–Trinajstić information content (AvgIpc) is 2.59. The van der Waals surface area contributed by atoms with Gasteiger partial charge in [-0.15, -0.1) is 0 Å². The van der Waals surface area contributed by atoms with Crippen LogP contribution in [0.5, 0.6) is 0 Å². The fourth-order valence-corrected chi connectivity index (χ4v) is 2.56. The number of carbonyl (C=O) groups is 2. The molecule has 0 bridgehead atoms. The van der Waals surface area contributed by atoms with Crippen molar-refractivity contribution in [2.75, 3.05) is 6.61 Å². The molecule has 0 unspecified atom stereocenters. The summed E-state index contributed by atoms with van der Waals surface area (Å²) in [5.74, 6) is -1.32. The normalized spacial score (nSPS) is 12.3. The van der Waals surface area contributed by atoms with Gasteiger partial charge in [-0.2, -0.15) is 13.2 Å². The second kappa shape index (κ2) is 8.90. The standard InChI is InChI=1S/C19H17ClF3NO3/c1-12(14-5-3-7-16(20)10-14)24-17(25)11-27-18(26)9-13-4-2-6-15(8-13)19(21,22)23/h2-8,10,12H,9,11H2,1H3,(H,24,25)/t12-/m0/s1. The molecule has 0 aliphatic carbocycles. The lowest BCUT2D eigenvalue weighted by molar-refractivity contribution is -0.148. The molecule has 144 valence electrons. The van der Waals surface area contributed by atoms with Gasteiger partial charge < -0.3 is 10.1 Å². The molecule has 1 atom stereocenters. The van der Waals surface area contributed by atoms with Gasteiger partial charge >= 0.3 is 12.1 Å². The zero-order valence-corrected chi connectivity index (χ0v) is 15.1. The molecule has 8 heteroatoms. The Morgan fingerprint density at radius 2 is 1.85 bits per heavy atom. The summed E-state index contributed by atoms with van der Waals surface area (Å²) in [6.07, 6.45) is -4.85. The summed E-state index contributed by atoms with van der Waals surface area (Å²) in [4.78, 5) is 23.7. The van der Waals surface area contributed by atoms with E-state index in [0.717, 1.165) is 17.7 Å². The number of benzene rings is 2. The van der Waals surface area contributed by atoms with E-state index in [-0.39, 0.29) is 18.0 Å². The quantitative estimate of drug-likeness (QED) is 0.736. The Balaban J connectivity index is 1.84. The summed E-state index contributed by atoms with van der Waals surface area (Å²) in [5, 5.41) is 3.18. The van der Waals surface area contributed by atoms with E-state index in [4.69, 9.17) is 16.3 Å². The Hall–Kier alpha value is -2.54. The monoisotopic (exact) mass is 399 g/mol. The summed E-state index contributed by atoms with van der Waals surface area (Å²) in [6.45, 7) is 1.22.